The first-order valence-electron chi connectivity index (χ1n) is 27.0. The van der Waals surface area contributed by atoms with E-state index in [0.29, 0.717) is 61.5 Å². The quantitative estimate of drug-likeness (QED) is 0.0362. The van der Waals surface area contributed by atoms with Crippen LogP contribution < -0.4 is 32.7 Å². The molecule has 2 aliphatic carbocycles. The average molecular weight is 1080 g/mol. The molecule has 0 radical (unpaired) electrons. The monoisotopic (exact) mass is 1070 g/mol. The van der Waals surface area contributed by atoms with Gasteiger partial charge in [0.15, 0.2) is 22.9 Å². The summed E-state index contributed by atoms with van der Waals surface area (Å²) in [7, 11) is 0. The number of rotatable bonds is 18. The summed E-state index contributed by atoms with van der Waals surface area (Å²) < 4.78 is 3.51. The minimum Gasteiger partial charge on any atom is -0.390 e. The van der Waals surface area contributed by atoms with Gasteiger partial charge in [0.05, 0.1) is 30.8 Å². The number of hydrogen-bond acceptors (Lipinski definition) is 16. The van der Waals surface area contributed by atoms with E-state index in [2.05, 4.69) is 130 Å². The third kappa shape index (κ3) is 14.5. The summed E-state index contributed by atoms with van der Waals surface area (Å²) >= 11 is 0. The van der Waals surface area contributed by atoms with Crippen LogP contribution in [0.15, 0.2) is 85.5 Å². The molecule has 1 fully saturated rings. The van der Waals surface area contributed by atoms with Crippen LogP contribution in [0.5, 0.6) is 0 Å². The fourth-order valence-corrected chi connectivity index (χ4v) is 10.0. The second-order valence-electron chi connectivity index (χ2n) is 23.2. The number of nitrogen functional groups attached to an aromatic ring is 2. The highest BCUT2D eigenvalue weighted by Gasteiger charge is 2.44. The van der Waals surface area contributed by atoms with Crippen molar-refractivity contribution in [3.8, 4) is 0 Å². The lowest BCUT2D eigenvalue weighted by Crippen LogP contribution is -2.41. The maximum atomic E-state index is 12.4. The molecule has 22 nitrogen and oxygen atoms in total. The van der Waals surface area contributed by atoms with E-state index in [1.165, 1.54) is 23.8 Å². The highest BCUT2D eigenvalue weighted by Crippen LogP contribution is 2.38. The van der Waals surface area contributed by atoms with Crippen LogP contribution in [0.4, 0.5) is 32.6 Å². The molecule has 0 bridgehead atoms. The van der Waals surface area contributed by atoms with E-state index in [1.54, 1.807) is 21.8 Å². The molecule has 0 aliphatic heterocycles. The molecule has 2 aromatic carbocycles. The number of aliphatic hydroxyl groups is 4. The van der Waals surface area contributed by atoms with Crippen molar-refractivity contribution in [3.05, 3.63) is 96.6 Å². The van der Waals surface area contributed by atoms with Gasteiger partial charge in [0.25, 0.3) is 0 Å². The first kappa shape index (κ1) is 58.9. The van der Waals surface area contributed by atoms with Gasteiger partial charge in [-0.05, 0) is 98.8 Å². The number of amides is 4. The topological polar surface area (TPSA) is 309 Å². The lowest BCUT2D eigenvalue weighted by molar-refractivity contribution is -0.00171. The molecule has 78 heavy (non-hydrogen) atoms. The summed E-state index contributed by atoms with van der Waals surface area (Å²) in [6, 6.07) is 14.9. The van der Waals surface area contributed by atoms with Gasteiger partial charge < -0.3 is 67.2 Å². The number of anilines is 4. The fourth-order valence-electron chi connectivity index (χ4n) is 10.0. The van der Waals surface area contributed by atoms with Crippen molar-refractivity contribution in [2.24, 2.45) is 5.92 Å². The third-order valence-electron chi connectivity index (χ3n) is 14.8. The molecule has 0 spiro atoms. The molecule has 4 amide bonds. The molecule has 12 N–H and O–H groups in total. The van der Waals surface area contributed by atoms with Gasteiger partial charge in [0, 0.05) is 68.6 Å². The zero-order valence-electron chi connectivity index (χ0n) is 46.8. The van der Waals surface area contributed by atoms with Gasteiger partial charge in [-0.25, -0.2) is 39.5 Å². The Labute approximate surface area is 457 Å². The van der Waals surface area contributed by atoms with Gasteiger partial charge in [-0.1, -0.05) is 71.9 Å². The van der Waals surface area contributed by atoms with E-state index in [9.17, 15) is 30.0 Å². The standard InChI is InChI=1S/C28H42N8O3.C28H40N8O3/c2*1-17(2)35(12-6-11-30-27(39)34-20-9-7-19(8-10-20)28(3,4)5)14-18-13-21(24(38)23(18)37)36-16-33-22-25(29)31-15-32-26(22)36/h7-10,15-18,21,23-24,37-38H,6,11-14H2,1-5H3,(H2,29,31,32)(H2,30,34,39);7-10,13,15-17,21,23-24,37-38H,6,11-12,14H2,1-5H3,(H2,29,31,32)(H2,30,34,39)/t18-,21-,23-,24+;21-,23-,24+/m11/s1. The van der Waals surface area contributed by atoms with Crippen LogP contribution in [-0.2, 0) is 10.8 Å². The van der Waals surface area contributed by atoms with Crippen molar-refractivity contribution in [2.45, 2.75) is 148 Å². The van der Waals surface area contributed by atoms with E-state index in [1.807, 2.05) is 54.6 Å². The number of nitrogens with two attached hydrogens (primary N) is 2. The molecule has 0 unspecified atom stereocenters. The van der Waals surface area contributed by atoms with Crippen molar-refractivity contribution in [2.75, 3.05) is 61.4 Å². The average Bonchev–Trinajstić information content (AvgIpc) is 4.29. The SMILES string of the molecule is CC(C)N(CCCNC(=O)Nc1ccc(C(C)(C)C)cc1)CC1=C[C@@H](n2cnc3c(N)ncnc32)[C@H](O)[C@@H]1O.CC(C)N(CCCNC(=O)Nc1ccc(C(C)(C)C)cc1)C[C@H]1C[C@@H](n2cnc3c(N)ncnc32)[C@H](O)[C@@H]1O. The minimum atomic E-state index is -1.04. The molecular formula is C56H82N16O6. The van der Waals surface area contributed by atoms with Crippen LogP contribution in [0.2, 0.25) is 0 Å². The first-order chi connectivity index (χ1) is 36.9. The predicted molar refractivity (Wildman–Crippen MR) is 305 cm³/mol. The van der Waals surface area contributed by atoms with Crippen LogP contribution in [0, 0.1) is 5.92 Å². The van der Waals surface area contributed by atoms with Crippen LogP contribution in [0.3, 0.4) is 0 Å². The molecule has 8 rings (SSSR count). The van der Waals surface area contributed by atoms with Crippen molar-refractivity contribution < 1.29 is 30.0 Å². The number of carbonyl (C=O) groups excluding carboxylic acids is 2. The van der Waals surface area contributed by atoms with Crippen LogP contribution >= 0.6 is 0 Å². The molecule has 1 saturated carbocycles. The number of nitrogens with one attached hydrogen (secondary N) is 4. The molecule has 6 aromatic rings. The maximum absolute atomic E-state index is 12.4. The number of carbonyl (C=O) groups is 2. The molecule has 4 heterocycles. The van der Waals surface area contributed by atoms with E-state index >= 15 is 0 Å². The summed E-state index contributed by atoms with van der Waals surface area (Å²) in [5.74, 6) is 0.425. The summed E-state index contributed by atoms with van der Waals surface area (Å²) in [6.07, 6.45) is 5.97. The van der Waals surface area contributed by atoms with Gasteiger partial charge in [-0.15, -0.1) is 0 Å². The highest BCUT2D eigenvalue weighted by molar-refractivity contribution is 5.90. The lowest BCUT2D eigenvalue weighted by atomic mass is 9.87. The predicted octanol–water partition coefficient (Wildman–Crippen LogP) is 5.74. The fraction of sp³-hybridized carbons (Fsp3) is 0.536. The summed E-state index contributed by atoms with van der Waals surface area (Å²) in [5, 5.41) is 55.0. The number of aromatic nitrogens is 8. The molecule has 2 aliphatic rings. The van der Waals surface area contributed by atoms with Crippen molar-refractivity contribution in [1.29, 1.82) is 0 Å². The molecule has 22 heteroatoms. The van der Waals surface area contributed by atoms with Crippen LogP contribution in [-0.4, -0.2) is 157 Å². The highest BCUT2D eigenvalue weighted by atomic mass is 16.3. The van der Waals surface area contributed by atoms with Crippen LogP contribution in [0.25, 0.3) is 22.3 Å². The Morgan fingerprint density at radius 1 is 0.641 bits per heavy atom. The number of benzene rings is 2. The Morgan fingerprint density at radius 2 is 1.10 bits per heavy atom. The first-order valence-corrected chi connectivity index (χ1v) is 27.0. The number of hydrogen-bond donors (Lipinski definition) is 10. The van der Waals surface area contributed by atoms with Crippen LogP contribution in [0.1, 0.15) is 112 Å². The second-order valence-corrected chi connectivity index (χ2v) is 23.2. The Hall–Kier alpha value is -6.82. The third-order valence-corrected chi connectivity index (χ3v) is 14.8. The summed E-state index contributed by atoms with van der Waals surface area (Å²) in [5.41, 5.74) is 18.6. The molecule has 422 valence electrons. The number of imidazole rings is 2. The van der Waals surface area contributed by atoms with Gasteiger partial charge >= 0.3 is 12.1 Å². The maximum Gasteiger partial charge on any atom is 0.319 e. The Bertz CT molecular complexity index is 2970. The Morgan fingerprint density at radius 3 is 1.58 bits per heavy atom. The zero-order chi connectivity index (χ0) is 56.6. The van der Waals surface area contributed by atoms with E-state index in [-0.39, 0.29) is 58.6 Å². The van der Waals surface area contributed by atoms with Crippen molar-refractivity contribution in [3.63, 3.8) is 0 Å². The molecule has 0 saturated heterocycles. The number of fused-ring (bicyclic) bond motifs is 2. The molecule has 4 aromatic heterocycles. The van der Waals surface area contributed by atoms with E-state index in [4.69, 9.17) is 11.5 Å². The number of aliphatic hydroxyl groups excluding tert-OH is 4. The van der Waals surface area contributed by atoms with Gasteiger partial charge in [0.1, 0.15) is 42.0 Å². The number of urea groups is 2. The minimum absolute atomic E-state index is 0.0595. The normalized spacial score (nSPS) is 20.6. The molecular weight excluding hydrogens is 993 g/mol. The zero-order valence-corrected chi connectivity index (χ0v) is 46.8. The second kappa shape index (κ2) is 25.3. The summed E-state index contributed by atoms with van der Waals surface area (Å²) in [6.45, 7) is 24.9. The van der Waals surface area contributed by atoms with E-state index < -0.39 is 30.5 Å². The van der Waals surface area contributed by atoms with Gasteiger partial charge in [-0.3, -0.25) is 4.90 Å². The van der Waals surface area contributed by atoms with Crippen molar-refractivity contribution >= 4 is 57.4 Å². The Kier molecular flexibility index (Phi) is 19.1. The smallest absolute Gasteiger partial charge is 0.319 e. The molecule has 7 atom stereocenters. The summed E-state index contributed by atoms with van der Waals surface area (Å²) in [4.78, 5) is 54.3. The van der Waals surface area contributed by atoms with Crippen molar-refractivity contribution in [1.82, 2.24) is 59.5 Å². The Balaban J connectivity index is 0.000000226. The lowest BCUT2D eigenvalue weighted by Gasteiger charge is -2.30. The van der Waals surface area contributed by atoms with E-state index in [0.717, 1.165) is 36.3 Å². The number of nitrogens with zero attached hydrogens (tertiary/aromatic N) is 10. The largest absolute Gasteiger partial charge is 0.390 e. The van der Waals surface area contributed by atoms with Gasteiger partial charge in [-0.2, -0.15) is 0 Å². The van der Waals surface area contributed by atoms with Gasteiger partial charge in [0.2, 0.25) is 0 Å².